The molecule has 1 aliphatic rings. The lowest BCUT2D eigenvalue weighted by Crippen LogP contribution is -2.35. The van der Waals surface area contributed by atoms with Crippen molar-refractivity contribution in [3.05, 3.63) is 142 Å². The molecule has 5 rings (SSSR count). The SMILES string of the molecule is Cc1ccc(S(=O)(=O)C2=C(c3ccccc3)NC[C@@H](c3ccccc3)[C@@H]2c2ccccc2)cc1. The Morgan fingerprint density at radius 2 is 1.21 bits per heavy atom. The zero-order valence-electron chi connectivity index (χ0n) is 19.1. The van der Waals surface area contributed by atoms with E-state index in [1.165, 1.54) is 0 Å². The van der Waals surface area contributed by atoms with Gasteiger partial charge in [0.1, 0.15) is 0 Å². The number of rotatable bonds is 5. The summed E-state index contributed by atoms with van der Waals surface area (Å²) in [5.74, 6) is -0.363. The van der Waals surface area contributed by atoms with Crippen LogP contribution in [0.15, 0.2) is 125 Å². The lowest BCUT2D eigenvalue weighted by Gasteiger charge is -2.37. The maximum Gasteiger partial charge on any atom is 0.205 e. The van der Waals surface area contributed by atoms with Gasteiger partial charge in [-0.15, -0.1) is 0 Å². The highest BCUT2D eigenvalue weighted by Gasteiger charge is 2.41. The van der Waals surface area contributed by atoms with Crippen LogP contribution in [0.25, 0.3) is 5.70 Å². The quantitative estimate of drug-likeness (QED) is 0.376. The van der Waals surface area contributed by atoms with Crippen molar-refractivity contribution >= 4 is 15.5 Å². The molecule has 170 valence electrons. The second-order valence-corrected chi connectivity index (χ2v) is 10.6. The minimum atomic E-state index is -3.80. The zero-order chi connectivity index (χ0) is 23.5. The minimum absolute atomic E-state index is 0.0358. The maximum atomic E-state index is 14.3. The van der Waals surface area contributed by atoms with E-state index in [9.17, 15) is 8.42 Å². The zero-order valence-corrected chi connectivity index (χ0v) is 19.9. The minimum Gasteiger partial charge on any atom is -0.383 e. The van der Waals surface area contributed by atoms with Crippen molar-refractivity contribution in [2.75, 3.05) is 6.54 Å². The number of nitrogens with one attached hydrogen (secondary N) is 1. The van der Waals surface area contributed by atoms with Crippen molar-refractivity contribution in [3.63, 3.8) is 0 Å². The largest absolute Gasteiger partial charge is 0.383 e. The molecule has 1 N–H and O–H groups in total. The van der Waals surface area contributed by atoms with Crippen molar-refractivity contribution in [1.29, 1.82) is 0 Å². The van der Waals surface area contributed by atoms with Gasteiger partial charge in [0.05, 0.1) is 15.5 Å². The van der Waals surface area contributed by atoms with Crippen LogP contribution in [0.5, 0.6) is 0 Å². The van der Waals surface area contributed by atoms with Gasteiger partial charge in [-0.2, -0.15) is 0 Å². The van der Waals surface area contributed by atoms with Crippen molar-refractivity contribution in [2.45, 2.75) is 23.7 Å². The first-order valence-electron chi connectivity index (χ1n) is 11.5. The molecule has 2 atom stereocenters. The molecular formula is C30H27NO2S. The molecule has 0 unspecified atom stereocenters. The standard InChI is InChI=1S/C30H27NO2S/c1-22-17-19-26(20-18-22)34(32,33)30-28(24-13-7-3-8-14-24)27(23-11-5-2-6-12-23)21-31-29(30)25-15-9-4-10-16-25/h2-20,27-28,31H,21H2,1H3/t27-,28-/m0/s1. The second kappa shape index (κ2) is 9.32. The summed E-state index contributed by atoms with van der Waals surface area (Å²) in [6.07, 6.45) is 0. The van der Waals surface area contributed by atoms with Crippen LogP contribution in [0.2, 0.25) is 0 Å². The van der Waals surface area contributed by atoms with E-state index in [-0.39, 0.29) is 11.8 Å². The molecule has 0 saturated heterocycles. The van der Waals surface area contributed by atoms with Gasteiger partial charge in [-0.3, -0.25) is 0 Å². The predicted octanol–water partition coefficient (Wildman–Crippen LogP) is 6.31. The van der Waals surface area contributed by atoms with Gasteiger partial charge in [-0.1, -0.05) is 109 Å². The molecule has 0 fully saturated rings. The topological polar surface area (TPSA) is 46.2 Å². The van der Waals surface area contributed by atoms with Gasteiger partial charge in [0.25, 0.3) is 0 Å². The molecule has 4 aromatic rings. The molecule has 0 amide bonds. The predicted molar refractivity (Wildman–Crippen MR) is 138 cm³/mol. The summed E-state index contributed by atoms with van der Waals surface area (Å²) in [6, 6.07) is 37.2. The number of aryl methyl sites for hydroxylation is 1. The van der Waals surface area contributed by atoms with Crippen LogP contribution in [0.4, 0.5) is 0 Å². The van der Waals surface area contributed by atoms with E-state index >= 15 is 0 Å². The fourth-order valence-electron chi connectivity index (χ4n) is 4.80. The molecule has 3 nitrogen and oxygen atoms in total. The molecule has 0 radical (unpaired) electrons. The molecule has 34 heavy (non-hydrogen) atoms. The van der Waals surface area contributed by atoms with Crippen LogP contribution in [0.3, 0.4) is 0 Å². The number of benzene rings is 4. The van der Waals surface area contributed by atoms with Crippen LogP contribution >= 0.6 is 0 Å². The number of allylic oxidation sites excluding steroid dienone is 1. The Hall–Kier alpha value is -3.63. The molecule has 0 spiro atoms. The van der Waals surface area contributed by atoms with E-state index in [1.54, 1.807) is 12.1 Å². The van der Waals surface area contributed by atoms with Crippen molar-refractivity contribution in [2.24, 2.45) is 0 Å². The number of hydrogen-bond acceptors (Lipinski definition) is 3. The van der Waals surface area contributed by atoms with E-state index in [4.69, 9.17) is 0 Å². The van der Waals surface area contributed by atoms with Crippen molar-refractivity contribution in [1.82, 2.24) is 5.32 Å². The Kier molecular flexibility index (Phi) is 6.08. The fourth-order valence-corrected chi connectivity index (χ4v) is 6.65. The van der Waals surface area contributed by atoms with Crippen LogP contribution in [-0.4, -0.2) is 15.0 Å². The monoisotopic (exact) mass is 465 g/mol. The first-order valence-corrected chi connectivity index (χ1v) is 13.0. The van der Waals surface area contributed by atoms with Crippen molar-refractivity contribution in [3.8, 4) is 0 Å². The highest BCUT2D eigenvalue weighted by molar-refractivity contribution is 7.95. The van der Waals surface area contributed by atoms with E-state index in [2.05, 4.69) is 17.4 Å². The van der Waals surface area contributed by atoms with Crippen molar-refractivity contribution < 1.29 is 8.42 Å². The molecule has 4 aromatic carbocycles. The summed E-state index contributed by atoms with van der Waals surface area (Å²) >= 11 is 0. The van der Waals surface area contributed by atoms with Crippen LogP contribution in [0.1, 0.15) is 34.1 Å². The van der Waals surface area contributed by atoms with E-state index in [0.29, 0.717) is 22.0 Å². The van der Waals surface area contributed by atoms with Gasteiger partial charge in [0.2, 0.25) is 9.84 Å². The Labute approximate surface area is 201 Å². The Balaban J connectivity index is 1.80. The Bertz CT molecular complexity index is 1400. The van der Waals surface area contributed by atoms with E-state index in [0.717, 1.165) is 22.3 Å². The summed E-state index contributed by atoms with van der Waals surface area (Å²) < 4.78 is 28.7. The third kappa shape index (κ3) is 4.17. The highest BCUT2D eigenvalue weighted by Crippen LogP contribution is 2.47. The summed E-state index contributed by atoms with van der Waals surface area (Å²) in [5.41, 5.74) is 4.70. The molecule has 0 saturated carbocycles. The van der Waals surface area contributed by atoms with E-state index < -0.39 is 9.84 Å². The van der Waals surface area contributed by atoms with Gasteiger partial charge < -0.3 is 5.32 Å². The first-order chi connectivity index (χ1) is 16.6. The molecule has 0 bridgehead atoms. The van der Waals surface area contributed by atoms with Gasteiger partial charge in [0.15, 0.2) is 0 Å². The average molecular weight is 466 g/mol. The highest BCUT2D eigenvalue weighted by atomic mass is 32.2. The van der Waals surface area contributed by atoms with Gasteiger partial charge in [-0.05, 0) is 35.7 Å². The summed E-state index contributed by atoms with van der Waals surface area (Å²) in [5, 5.41) is 3.52. The van der Waals surface area contributed by atoms with Crippen LogP contribution < -0.4 is 5.32 Å². The van der Waals surface area contributed by atoms with Crippen LogP contribution in [0, 0.1) is 6.92 Å². The lowest BCUT2D eigenvalue weighted by atomic mass is 9.78. The molecule has 0 aliphatic carbocycles. The Morgan fingerprint density at radius 1 is 0.676 bits per heavy atom. The van der Waals surface area contributed by atoms with E-state index in [1.807, 2.05) is 97.9 Å². The molecule has 1 aliphatic heterocycles. The van der Waals surface area contributed by atoms with Gasteiger partial charge in [-0.25, -0.2) is 8.42 Å². The third-order valence-corrected chi connectivity index (χ3v) is 8.43. The third-order valence-electron chi connectivity index (χ3n) is 6.50. The fraction of sp³-hybridized carbons (Fsp3) is 0.133. The smallest absolute Gasteiger partial charge is 0.205 e. The summed E-state index contributed by atoms with van der Waals surface area (Å²) in [4.78, 5) is 0.742. The maximum absolute atomic E-state index is 14.3. The van der Waals surface area contributed by atoms with Gasteiger partial charge in [0, 0.05) is 18.4 Å². The average Bonchev–Trinajstić information content (AvgIpc) is 2.89. The molecule has 4 heteroatoms. The summed E-state index contributed by atoms with van der Waals surface area (Å²) in [6.45, 7) is 2.60. The molecule has 0 aromatic heterocycles. The lowest BCUT2D eigenvalue weighted by molar-refractivity contribution is 0.547. The molecule has 1 heterocycles. The normalized spacial score (nSPS) is 18.4. The molecular weight excluding hydrogens is 438 g/mol. The second-order valence-electron chi connectivity index (χ2n) is 8.71. The number of hydrogen-bond donors (Lipinski definition) is 1. The number of sulfone groups is 1. The van der Waals surface area contributed by atoms with Gasteiger partial charge >= 0.3 is 0 Å². The summed E-state index contributed by atoms with van der Waals surface area (Å²) in [7, 11) is -3.80. The Morgan fingerprint density at radius 3 is 1.79 bits per heavy atom. The first kappa shape index (κ1) is 22.2. The van der Waals surface area contributed by atoms with Crippen LogP contribution in [-0.2, 0) is 9.84 Å².